The van der Waals surface area contributed by atoms with Gasteiger partial charge in [0, 0.05) is 24.8 Å². The summed E-state index contributed by atoms with van der Waals surface area (Å²) < 4.78 is 17.8. The average Bonchev–Trinajstić information content (AvgIpc) is 2.33. The summed E-state index contributed by atoms with van der Waals surface area (Å²) >= 11 is 0. The van der Waals surface area contributed by atoms with Gasteiger partial charge in [0.1, 0.15) is 5.82 Å². The summed E-state index contributed by atoms with van der Waals surface area (Å²) in [5.41, 5.74) is 0.637. The van der Waals surface area contributed by atoms with Gasteiger partial charge in [0.25, 0.3) is 0 Å². The molecule has 0 saturated carbocycles. The van der Waals surface area contributed by atoms with E-state index in [1.165, 1.54) is 12.1 Å². The molecule has 1 aliphatic heterocycles. The summed E-state index contributed by atoms with van der Waals surface area (Å²) in [6.45, 7) is 1.28. The molecule has 0 radical (unpaired) electrons. The summed E-state index contributed by atoms with van der Waals surface area (Å²) in [7, 11) is 0. The van der Waals surface area contributed by atoms with Crippen LogP contribution < -0.4 is 5.32 Å². The summed E-state index contributed by atoms with van der Waals surface area (Å²) in [6, 6.07) is 5.79. The number of anilines is 1. The Kier molecular flexibility index (Phi) is 3.51. The van der Waals surface area contributed by atoms with Crippen LogP contribution >= 0.6 is 0 Å². The van der Waals surface area contributed by atoms with Crippen LogP contribution in [-0.2, 0) is 9.53 Å². The van der Waals surface area contributed by atoms with Crippen LogP contribution in [0.25, 0.3) is 0 Å². The number of hydrogen-bond acceptors (Lipinski definition) is 2. The van der Waals surface area contributed by atoms with Crippen molar-refractivity contribution in [3.63, 3.8) is 0 Å². The van der Waals surface area contributed by atoms with Gasteiger partial charge in [0.05, 0.1) is 0 Å². The van der Waals surface area contributed by atoms with Crippen molar-refractivity contribution in [1.29, 1.82) is 0 Å². The molecule has 0 aliphatic carbocycles. The molecule has 86 valence electrons. The van der Waals surface area contributed by atoms with E-state index >= 15 is 0 Å². The minimum absolute atomic E-state index is 0.00471. The zero-order valence-corrected chi connectivity index (χ0v) is 8.91. The highest BCUT2D eigenvalue weighted by Crippen LogP contribution is 2.17. The second kappa shape index (κ2) is 5.07. The van der Waals surface area contributed by atoms with E-state index in [4.69, 9.17) is 4.74 Å². The third kappa shape index (κ3) is 2.79. The molecule has 4 heteroatoms. The molecule has 0 aromatic heterocycles. The zero-order chi connectivity index (χ0) is 11.4. The monoisotopic (exact) mass is 223 g/mol. The Labute approximate surface area is 93.6 Å². The van der Waals surface area contributed by atoms with Crippen molar-refractivity contribution in [2.45, 2.75) is 12.8 Å². The Morgan fingerprint density at radius 3 is 2.50 bits per heavy atom. The molecule has 1 saturated heterocycles. The second-order valence-corrected chi connectivity index (χ2v) is 3.88. The first-order valence-electron chi connectivity index (χ1n) is 5.40. The molecule has 1 aromatic rings. The van der Waals surface area contributed by atoms with E-state index in [9.17, 15) is 9.18 Å². The molecule has 2 rings (SSSR count). The Hall–Kier alpha value is -1.42. The topological polar surface area (TPSA) is 38.3 Å². The summed E-state index contributed by atoms with van der Waals surface area (Å²) in [5, 5.41) is 2.78. The van der Waals surface area contributed by atoms with Crippen molar-refractivity contribution in [1.82, 2.24) is 0 Å². The maximum absolute atomic E-state index is 12.6. The molecule has 1 amide bonds. The first kappa shape index (κ1) is 11.1. The SMILES string of the molecule is O=C(Nc1ccc(F)cc1)C1CCOCC1. The van der Waals surface area contributed by atoms with Crippen molar-refractivity contribution in [3.8, 4) is 0 Å². The number of rotatable bonds is 2. The lowest BCUT2D eigenvalue weighted by Gasteiger charge is -2.21. The highest BCUT2D eigenvalue weighted by atomic mass is 19.1. The van der Waals surface area contributed by atoms with Gasteiger partial charge in [0.15, 0.2) is 0 Å². The van der Waals surface area contributed by atoms with Crippen molar-refractivity contribution in [3.05, 3.63) is 30.1 Å². The van der Waals surface area contributed by atoms with Crippen molar-refractivity contribution >= 4 is 11.6 Å². The normalized spacial score (nSPS) is 17.1. The van der Waals surface area contributed by atoms with Crippen LogP contribution in [0.3, 0.4) is 0 Å². The molecule has 0 bridgehead atoms. The Morgan fingerprint density at radius 2 is 1.88 bits per heavy atom. The predicted molar refractivity (Wildman–Crippen MR) is 58.6 cm³/mol. The Morgan fingerprint density at radius 1 is 1.25 bits per heavy atom. The van der Waals surface area contributed by atoms with Gasteiger partial charge in [-0.05, 0) is 37.1 Å². The standard InChI is InChI=1S/C12H14FNO2/c13-10-1-3-11(4-2-10)14-12(15)9-5-7-16-8-6-9/h1-4,9H,5-8H2,(H,14,15). The number of ether oxygens (including phenoxy) is 1. The minimum atomic E-state index is -0.302. The number of amides is 1. The van der Waals surface area contributed by atoms with Gasteiger partial charge < -0.3 is 10.1 Å². The highest BCUT2D eigenvalue weighted by Gasteiger charge is 2.21. The van der Waals surface area contributed by atoms with E-state index in [0.29, 0.717) is 18.9 Å². The van der Waals surface area contributed by atoms with Crippen LogP contribution in [0.2, 0.25) is 0 Å². The Bertz CT molecular complexity index is 358. The highest BCUT2D eigenvalue weighted by molar-refractivity contribution is 5.92. The van der Waals surface area contributed by atoms with Crippen LogP contribution in [0.5, 0.6) is 0 Å². The molecule has 0 atom stereocenters. The number of benzene rings is 1. The van der Waals surface area contributed by atoms with Gasteiger partial charge in [-0.3, -0.25) is 4.79 Å². The molecule has 3 nitrogen and oxygen atoms in total. The molecule has 1 heterocycles. The summed E-state index contributed by atoms with van der Waals surface area (Å²) in [4.78, 5) is 11.8. The average molecular weight is 223 g/mol. The summed E-state index contributed by atoms with van der Waals surface area (Å²) in [6.07, 6.45) is 1.51. The lowest BCUT2D eigenvalue weighted by Crippen LogP contribution is -2.28. The lowest BCUT2D eigenvalue weighted by molar-refractivity contribution is -0.122. The lowest BCUT2D eigenvalue weighted by atomic mass is 9.99. The van der Waals surface area contributed by atoms with E-state index < -0.39 is 0 Å². The van der Waals surface area contributed by atoms with E-state index in [1.54, 1.807) is 12.1 Å². The number of hydrogen-bond donors (Lipinski definition) is 1. The van der Waals surface area contributed by atoms with Gasteiger partial charge in [-0.2, -0.15) is 0 Å². The molecule has 0 unspecified atom stereocenters. The zero-order valence-electron chi connectivity index (χ0n) is 8.91. The fraction of sp³-hybridized carbons (Fsp3) is 0.417. The summed E-state index contributed by atoms with van der Waals surface area (Å²) in [5.74, 6) is -0.294. The number of carbonyl (C=O) groups is 1. The van der Waals surface area contributed by atoms with Crippen molar-refractivity contribution < 1.29 is 13.9 Å². The maximum atomic E-state index is 12.6. The third-order valence-electron chi connectivity index (χ3n) is 2.70. The molecular weight excluding hydrogens is 209 g/mol. The van der Waals surface area contributed by atoms with Crippen LogP contribution in [0, 0.1) is 11.7 Å². The fourth-order valence-corrected chi connectivity index (χ4v) is 1.74. The largest absolute Gasteiger partial charge is 0.381 e. The number of carbonyl (C=O) groups excluding carboxylic acids is 1. The Balaban J connectivity index is 1.93. The third-order valence-corrected chi connectivity index (χ3v) is 2.70. The van der Waals surface area contributed by atoms with E-state index in [0.717, 1.165) is 12.8 Å². The van der Waals surface area contributed by atoms with Gasteiger partial charge in [-0.1, -0.05) is 0 Å². The molecule has 1 aliphatic rings. The van der Waals surface area contributed by atoms with Crippen molar-refractivity contribution in [2.24, 2.45) is 5.92 Å². The van der Waals surface area contributed by atoms with Gasteiger partial charge in [-0.25, -0.2) is 4.39 Å². The van der Waals surface area contributed by atoms with Gasteiger partial charge in [-0.15, -0.1) is 0 Å². The molecule has 0 spiro atoms. The smallest absolute Gasteiger partial charge is 0.227 e. The molecule has 16 heavy (non-hydrogen) atoms. The first-order valence-corrected chi connectivity index (χ1v) is 5.40. The molecule has 1 N–H and O–H groups in total. The van der Waals surface area contributed by atoms with Gasteiger partial charge >= 0.3 is 0 Å². The number of halogens is 1. The quantitative estimate of drug-likeness (QED) is 0.834. The van der Waals surface area contributed by atoms with Crippen LogP contribution in [-0.4, -0.2) is 19.1 Å². The predicted octanol–water partition coefficient (Wildman–Crippen LogP) is 2.19. The molecular formula is C12H14FNO2. The fourth-order valence-electron chi connectivity index (χ4n) is 1.74. The van der Waals surface area contributed by atoms with Crippen LogP contribution in [0.15, 0.2) is 24.3 Å². The van der Waals surface area contributed by atoms with Crippen molar-refractivity contribution in [2.75, 3.05) is 18.5 Å². The van der Waals surface area contributed by atoms with Gasteiger partial charge in [0.2, 0.25) is 5.91 Å². The molecule has 1 fully saturated rings. The minimum Gasteiger partial charge on any atom is -0.381 e. The molecule has 1 aromatic carbocycles. The first-order chi connectivity index (χ1) is 7.75. The maximum Gasteiger partial charge on any atom is 0.227 e. The number of nitrogens with one attached hydrogen (secondary N) is 1. The van der Waals surface area contributed by atoms with Crippen LogP contribution in [0.4, 0.5) is 10.1 Å². The van der Waals surface area contributed by atoms with Crippen LogP contribution in [0.1, 0.15) is 12.8 Å². The van der Waals surface area contributed by atoms with E-state index in [1.807, 2.05) is 0 Å². The van der Waals surface area contributed by atoms with E-state index in [2.05, 4.69) is 5.32 Å². The second-order valence-electron chi connectivity index (χ2n) is 3.88. The van der Waals surface area contributed by atoms with E-state index in [-0.39, 0.29) is 17.6 Å².